The van der Waals surface area contributed by atoms with E-state index >= 15 is 0 Å². The second-order valence-electron chi connectivity index (χ2n) is 6.59. The molecule has 0 atom stereocenters. The molecule has 4 aromatic rings. The van der Waals surface area contributed by atoms with Crippen LogP contribution in [0.2, 0.25) is 0 Å². The molecule has 0 saturated carbocycles. The van der Waals surface area contributed by atoms with Gasteiger partial charge in [-0.3, -0.25) is 4.98 Å². The number of benzene rings is 3. The molecule has 0 aliphatic rings. The van der Waals surface area contributed by atoms with Crippen LogP contribution < -0.4 is 5.32 Å². The Morgan fingerprint density at radius 1 is 0.964 bits per heavy atom. The van der Waals surface area contributed by atoms with Crippen molar-refractivity contribution < 1.29 is 9.53 Å². The van der Waals surface area contributed by atoms with Gasteiger partial charge in [0.15, 0.2) is 0 Å². The molecule has 140 valence electrons. The molecule has 0 radical (unpaired) electrons. The van der Waals surface area contributed by atoms with Crippen LogP contribution in [-0.4, -0.2) is 17.6 Å². The number of nitrogens with one attached hydrogen (secondary N) is 1. The number of fused-ring (bicyclic) bond motifs is 3. The van der Waals surface area contributed by atoms with Crippen LogP contribution in [0, 0.1) is 0 Å². The average Bonchev–Trinajstić information content (AvgIpc) is 2.74. The number of ether oxygens (including phenoxy) is 1. The highest BCUT2D eigenvalue weighted by atomic mass is 16.5. The summed E-state index contributed by atoms with van der Waals surface area (Å²) >= 11 is 0. The molecule has 0 aliphatic heterocycles. The molecular formula is C24H22N2O2. The number of carbonyl (C=O) groups excluding carboxylic acids is 1. The van der Waals surface area contributed by atoms with Crippen LogP contribution in [0.15, 0.2) is 66.9 Å². The van der Waals surface area contributed by atoms with E-state index in [1.165, 1.54) is 5.56 Å². The Morgan fingerprint density at radius 3 is 2.57 bits per heavy atom. The van der Waals surface area contributed by atoms with Crippen LogP contribution in [0.5, 0.6) is 0 Å². The fourth-order valence-electron chi connectivity index (χ4n) is 3.52. The average molecular weight is 370 g/mol. The van der Waals surface area contributed by atoms with Crippen molar-refractivity contribution in [2.45, 2.75) is 20.3 Å². The van der Waals surface area contributed by atoms with Gasteiger partial charge in [0, 0.05) is 22.7 Å². The zero-order valence-electron chi connectivity index (χ0n) is 16.0. The van der Waals surface area contributed by atoms with E-state index in [0.717, 1.165) is 39.5 Å². The van der Waals surface area contributed by atoms with Crippen LogP contribution in [0.3, 0.4) is 0 Å². The smallest absolute Gasteiger partial charge is 0.341 e. The van der Waals surface area contributed by atoms with Gasteiger partial charge in [-0.25, -0.2) is 4.79 Å². The number of rotatable bonds is 5. The predicted molar refractivity (Wildman–Crippen MR) is 114 cm³/mol. The molecule has 0 saturated heterocycles. The number of para-hydroxylation sites is 1. The summed E-state index contributed by atoms with van der Waals surface area (Å²) in [5, 5.41) is 6.57. The van der Waals surface area contributed by atoms with Crippen LogP contribution >= 0.6 is 0 Å². The Kier molecular flexibility index (Phi) is 4.94. The molecule has 1 N–H and O–H groups in total. The Bertz CT molecular complexity index is 1170. The van der Waals surface area contributed by atoms with E-state index < -0.39 is 0 Å². The molecule has 1 heterocycles. The summed E-state index contributed by atoms with van der Waals surface area (Å²) in [7, 11) is 0. The summed E-state index contributed by atoms with van der Waals surface area (Å²) in [6.45, 7) is 4.24. The van der Waals surface area contributed by atoms with E-state index in [9.17, 15) is 4.79 Å². The number of hydrogen-bond donors (Lipinski definition) is 1. The first-order chi connectivity index (χ1) is 13.7. The maximum absolute atomic E-state index is 12.6. The summed E-state index contributed by atoms with van der Waals surface area (Å²) in [6, 6.07) is 20.3. The molecule has 4 heteroatoms. The molecule has 28 heavy (non-hydrogen) atoms. The van der Waals surface area contributed by atoms with Crippen molar-refractivity contribution in [2.24, 2.45) is 0 Å². The van der Waals surface area contributed by atoms with Gasteiger partial charge < -0.3 is 10.1 Å². The van der Waals surface area contributed by atoms with Gasteiger partial charge in [-0.2, -0.15) is 0 Å². The summed E-state index contributed by atoms with van der Waals surface area (Å²) in [5.41, 5.74) is 4.20. The number of anilines is 2. The maximum Gasteiger partial charge on any atom is 0.341 e. The van der Waals surface area contributed by atoms with Crippen LogP contribution in [0.1, 0.15) is 29.8 Å². The first-order valence-electron chi connectivity index (χ1n) is 9.55. The molecular weight excluding hydrogens is 348 g/mol. The van der Waals surface area contributed by atoms with Gasteiger partial charge >= 0.3 is 5.97 Å². The lowest BCUT2D eigenvalue weighted by Crippen LogP contribution is -2.10. The van der Waals surface area contributed by atoms with E-state index in [-0.39, 0.29) is 5.97 Å². The van der Waals surface area contributed by atoms with Crippen molar-refractivity contribution in [1.29, 1.82) is 0 Å². The van der Waals surface area contributed by atoms with Crippen LogP contribution in [-0.2, 0) is 11.2 Å². The van der Waals surface area contributed by atoms with E-state index in [2.05, 4.69) is 41.5 Å². The number of aromatic nitrogens is 1. The monoisotopic (exact) mass is 370 g/mol. The summed E-state index contributed by atoms with van der Waals surface area (Å²) in [4.78, 5) is 17.2. The number of esters is 1. The zero-order valence-corrected chi connectivity index (χ0v) is 16.0. The molecule has 0 fully saturated rings. The first-order valence-corrected chi connectivity index (χ1v) is 9.55. The number of aryl methyl sites for hydroxylation is 1. The zero-order chi connectivity index (χ0) is 19.5. The number of carbonyl (C=O) groups is 1. The quantitative estimate of drug-likeness (QED) is 0.352. The Morgan fingerprint density at radius 2 is 1.75 bits per heavy atom. The maximum atomic E-state index is 12.6. The van der Waals surface area contributed by atoms with Gasteiger partial charge in [-0.05, 0) is 30.4 Å². The highest BCUT2D eigenvalue weighted by Crippen LogP contribution is 2.34. The number of hydrogen-bond acceptors (Lipinski definition) is 4. The van der Waals surface area contributed by atoms with E-state index in [0.29, 0.717) is 12.2 Å². The van der Waals surface area contributed by atoms with Crippen molar-refractivity contribution in [3.05, 3.63) is 78.0 Å². The SMILES string of the molecule is CCOC(=O)c1cnc2c(ccc3ccccc32)c1Nc1ccccc1CC. The summed E-state index contributed by atoms with van der Waals surface area (Å²) in [5.74, 6) is -0.374. The minimum atomic E-state index is -0.374. The number of pyridine rings is 1. The second-order valence-corrected chi connectivity index (χ2v) is 6.59. The number of nitrogens with zero attached hydrogens (tertiary/aromatic N) is 1. The van der Waals surface area contributed by atoms with Crippen molar-refractivity contribution in [2.75, 3.05) is 11.9 Å². The van der Waals surface area contributed by atoms with Crippen molar-refractivity contribution in [1.82, 2.24) is 4.98 Å². The highest BCUT2D eigenvalue weighted by Gasteiger charge is 2.18. The van der Waals surface area contributed by atoms with Crippen molar-refractivity contribution in [3.8, 4) is 0 Å². The van der Waals surface area contributed by atoms with E-state index in [1.54, 1.807) is 13.1 Å². The van der Waals surface area contributed by atoms with Gasteiger partial charge in [-0.1, -0.05) is 61.5 Å². The third-order valence-corrected chi connectivity index (χ3v) is 4.92. The lowest BCUT2D eigenvalue weighted by atomic mass is 10.0. The van der Waals surface area contributed by atoms with Gasteiger partial charge in [-0.15, -0.1) is 0 Å². The fourth-order valence-corrected chi connectivity index (χ4v) is 3.52. The van der Waals surface area contributed by atoms with Crippen molar-refractivity contribution in [3.63, 3.8) is 0 Å². The van der Waals surface area contributed by atoms with Gasteiger partial charge in [0.05, 0.1) is 17.8 Å². The molecule has 0 spiro atoms. The lowest BCUT2D eigenvalue weighted by Gasteiger charge is -2.17. The fraction of sp³-hybridized carbons (Fsp3) is 0.167. The molecule has 4 nitrogen and oxygen atoms in total. The van der Waals surface area contributed by atoms with Crippen LogP contribution in [0.25, 0.3) is 21.7 Å². The molecule has 0 amide bonds. The molecule has 0 bridgehead atoms. The highest BCUT2D eigenvalue weighted by molar-refractivity contribution is 6.13. The normalized spacial score (nSPS) is 10.9. The molecule has 0 aliphatic carbocycles. The van der Waals surface area contributed by atoms with Crippen LogP contribution in [0.4, 0.5) is 11.4 Å². The summed E-state index contributed by atoms with van der Waals surface area (Å²) < 4.78 is 5.28. The first kappa shape index (κ1) is 18.0. The predicted octanol–water partition coefficient (Wildman–Crippen LogP) is 5.87. The standard InChI is InChI=1S/C24H22N2O2/c1-3-16-9-6-8-12-21(16)26-23-19-14-13-17-10-5-7-11-18(17)22(19)25-15-20(23)24(27)28-4-2/h5-15H,3-4H2,1-2H3,(H,25,26). The third kappa shape index (κ3) is 3.18. The topological polar surface area (TPSA) is 51.2 Å². The van der Waals surface area contributed by atoms with E-state index in [1.807, 2.05) is 36.4 Å². The largest absolute Gasteiger partial charge is 0.462 e. The molecule has 1 aromatic heterocycles. The minimum Gasteiger partial charge on any atom is -0.462 e. The molecule has 0 unspecified atom stereocenters. The minimum absolute atomic E-state index is 0.319. The molecule has 3 aromatic carbocycles. The Balaban J connectivity index is 1.97. The second kappa shape index (κ2) is 7.69. The van der Waals surface area contributed by atoms with Gasteiger partial charge in [0.25, 0.3) is 0 Å². The summed E-state index contributed by atoms with van der Waals surface area (Å²) in [6.07, 6.45) is 2.51. The van der Waals surface area contributed by atoms with Crippen molar-refractivity contribution >= 4 is 39.0 Å². The van der Waals surface area contributed by atoms with E-state index in [4.69, 9.17) is 4.74 Å². The Hall–Kier alpha value is -3.40. The Labute approximate surface area is 164 Å². The molecule has 4 rings (SSSR count). The lowest BCUT2D eigenvalue weighted by molar-refractivity contribution is 0.0527. The van der Waals surface area contributed by atoms with Gasteiger partial charge in [0.1, 0.15) is 5.56 Å². The third-order valence-electron chi connectivity index (χ3n) is 4.92. The van der Waals surface area contributed by atoms with Gasteiger partial charge in [0.2, 0.25) is 0 Å².